The van der Waals surface area contributed by atoms with Crippen molar-refractivity contribution in [3.63, 3.8) is 0 Å². The first-order valence-electron chi connectivity index (χ1n) is 9.78. The molecule has 1 aliphatic carbocycles. The first kappa shape index (κ1) is 23.9. The van der Waals surface area contributed by atoms with Gasteiger partial charge in [0.2, 0.25) is 17.1 Å². The quantitative estimate of drug-likeness (QED) is 0.230. The molecule has 0 atom stereocenters. The maximum atomic E-state index is 11.7. The number of quaternary nitrogens is 1. The molecule has 0 radical (unpaired) electrons. The van der Waals surface area contributed by atoms with E-state index in [-0.39, 0.29) is 26.4 Å². The largest absolute Gasteiger partial charge is 0.486 e. The number of rotatable bonds is 11. The Bertz CT molecular complexity index is 876. The second kappa shape index (κ2) is 12.4. The highest BCUT2D eigenvalue weighted by molar-refractivity contribution is 5.94. The molecule has 0 amide bonds. The third-order valence-corrected chi connectivity index (χ3v) is 4.07. The summed E-state index contributed by atoms with van der Waals surface area (Å²) in [4.78, 5) is 28.8. The van der Waals surface area contributed by atoms with E-state index in [4.69, 9.17) is 23.8 Å². The van der Waals surface area contributed by atoms with Crippen molar-refractivity contribution in [1.29, 1.82) is 0 Å². The summed E-state index contributed by atoms with van der Waals surface area (Å²) in [6.07, 6.45) is 5.58. The van der Waals surface area contributed by atoms with Crippen LogP contribution in [0.4, 0.5) is 11.4 Å². The molecule has 1 aromatic carbocycles. The number of hydrogen-bond donors (Lipinski definition) is 2. The lowest BCUT2D eigenvalue weighted by atomic mass is 10.1. The molecule has 0 heterocycles. The van der Waals surface area contributed by atoms with Gasteiger partial charge in [0.25, 0.3) is 0 Å². The number of nitrogens with zero attached hydrogens (tertiary/aromatic N) is 1. The van der Waals surface area contributed by atoms with Crippen molar-refractivity contribution < 1.29 is 48.8 Å². The predicted octanol–water partition coefficient (Wildman–Crippen LogP) is 1.28. The number of para-hydroxylation sites is 1. The van der Waals surface area contributed by atoms with Gasteiger partial charge in [0, 0.05) is 16.9 Å². The van der Waals surface area contributed by atoms with Gasteiger partial charge in [-0.2, -0.15) is 5.48 Å². The smallest absolute Gasteiger partial charge is 0.362 e. The van der Waals surface area contributed by atoms with Crippen LogP contribution in [0.25, 0.3) is 0 Å². The van der Waals surface area contributed by atoms with E-state index in [0.29, 0.717) is 35.0 Å². The summed E-state index contributed by atoms with van der Waals surface area (Å²) in [6, 6.07) is 4.99. The zero-order valence-corrected chi connectivity index (χ0v) is 17.8. The molecule has 0 saturated heterocycles. The summed E-state index contributed by atoms with van der Waals surface area (Å²) in [5.74, 6) is -0.134. The van der Waals surface area contributed by atoms with Crippen LogP contribution < -0.4 is 10.2 Å². The van der Waals surface area contributed by atoms with Gasteiger partial charge >= 0.3 is 17.6 Å². The van der Waals surface area contributed by atoms with E-state index in [1.54, 1.807) is 50.3 Å². The fraction of sp³-hybridized carbons (Fsp3) is 0.381. The number of carbonyl (C=O) groups excluding carboxylic acids is 2. The lowest BCUT2D eigenvalue weighted by Crippen LogP contribution is -2.74. The molecule has 0 saturated carbocycles. The molecule has 0 fully saturated rings. The lowest BCUT2D eigenvalue weighted by Gasteiger charge is -2.13. The molecule has 2 rings (SSSR count). The Balaban J connectivity index is 2.30. The number of nitrogens with two attached hydrogens (primary N) is 1. The fourth-order valence-corrected chi connectivity index (χ4v) is 2.82. The Morgan fingerprint density at radius 3 is 2.39 bits per heavy atom. The molecule has 0 aliphatic heterocycles. The van der Waals surface area contributed by atoms with E-state index in [1.165, 1.54) is 11.8 Å². The van der Waals surface area contributed by atoms with Crippen LogP contribution in [0.2, 0.25) is 0 Å². The zero-order chi connectivity index (χ0) is 22.6. The van der Waals surface area contributed by atoms with Crippen LogP contribution in [-0.2, 0) is 28.6 Å². The van der Waals surface area contributed by atoms with Crippen molar-refractivity contribution in [2.75, 3.05) is 33.5 Å². The SMILES string of the molecule is CCOC(=O)COC1=CC=C/C(=[N+](\OC)c2c([NH2+]O)cccc2OCC(=O)OCC)C1. The van der Waals surface area contributed by atoms with Gasteiger partial charge in [-0.05, 0) is 26.0 Å². The van der Waals surface area contributed by atoms with Crippen molar-refractivity contribution >= 4 is 29.0 Å². The summed E-state index contributed by atoms with van der Waals surface area (Å²) in [7, 11) is 1.46. The van der Waals surface area contributed by atoms with Crippen LogP contribution in [0.5, 0.6) is 5.75 Å². The molecule has 0 spiro atoms. The Kier molecular flexibility index (Phi) is 9.53. The summed E-state index contributed by atoms with van der Waals surface area (Å²) >= 11 is 0. The normalized spacial score (nSPS) is 14.4. The van der Waals surface area contributed by atoms with Gasteiger partial charge in [0.1, 0.15) is 12.9 Å². The van der Waals surface area contributed by atoms with Crippen LogP contribution in [0.15, 0.2) is 42.2 Å². The molecular formula is C21H28N2O8+2. The molecule has 168 valence electrons. The molecule has 0 aromatic heterocycles. The van der Waals surface area contributed by atoms with E-state index >= 15 is 0 Å². The van der Waals surface area contributed by atoms with Gasteiger partial charge in [0.05, 0.1) is 19.6 Å². The molecule has 10 nitrogen and oxygen atoms in total. The highest BCUT2D eigenvalue weighted by Gasteiger charge is 2.31. The van der Waals surface area contributed by atoms with Gasteiger partial charge in [0.15, 0.2) is 13.2 Å². The van der Waals surface area contributed by atoms with E-state index in [0.717, 1.165) is 5.48 Å². The molecule has 1 aliphatic rings. The molecule has 0 unspecified atom stereocenters. The van der Waals surface area contributed by atoms with Crippen molar-refractivity contribution in [1.82, 2.24) is 0 Å². The molecule has 3 N–H and O–H groups in total. The molecule has 1 aromatic rings. The van der Waals surface area contributed by atoms with Crippen LogP contribution in [0.3, 0.4) is 0 Å². The predicted molar refractivity (Wildman–Crippen MR) is 108 cm³/mol. The summed E-state index contributed by atoms with van der Waals surface area (Å²) in [5, 5.41) is 9.73. The first-order valence-corrected chi connectivity index (χ1v) is 9.78. The topological polar surface area (TPSA) is 120 Å². The average molecular weight is 436 g/mol. The second-order valence-electron chi connectivity index (χ2n) is 6.15. The van der Waals surface area contributed by atoms with Crippen molar-refractivity contribution in [2.45, 2.75) is 20.3 Å². The molecule has 0 bridgehead atoms. The Hall–Kier alpha value is -3.37. The van der Waals surface area contributed by atoms with Crippen LogP contribution in [0.1, 0.15) is 20.3 Å². The third-order valence-electron chi connectivity index (χ3n) is 4.07. The lowest BCUT2D eigenvalue weighted by molar-refractivity contribution is -0.830. The summed E-state index contributed by atoms with van der Waals surface area (Å²) in [6.45, 7) is 3.44. The summed E-state index contributed by atoms with van der Waals surface area (Å²) in [5.41, 5.74) is 2.37. The Morgan fingerprint density at radius 1 is 1.10 bits per heavy atom. The van der Waals surface area contributed by atoms with Crippen LogP contribution in [-0.4, -0.2) is 61.1 Å². The minimum atomic E-state index is -0.515. The zero-order valence-electron chi connectivity index (χ0n) is 17.8. The van der Waals surface area contributed by atoms with Gasteiger partial charge in [-0.1, -0.05) is 12.1 Å². The summed E-state index contributed by atoms with van der Waals surface area (Å²) < 4.78 is 22.4. The number of benzene rings is 1. The molecule has 10 heteroatoms. The number of esters is 2. The number of carbonyl (C=O) groups is 2. The second-order valence-corrected chi connectivity index (χ2v) is 6.15. The minimum Gasteiger partial charge on any atom is -0.486 e. The van der Waals surface area contributed by atoms with Crippen molar-refractivity contribution in [3.05, 3.63) is 42.2 Å². The number of ether oxygens (including phenoxy) is 4. The number of allylic oxidation sites excluding steroid dienone is 4. The van der Waals surface area contributed by atoms with Gasteiger partial charge in [-0.25, -0.2) is 14.8 Å². The van der Waals surface area contributed by atoms with Crippen LogP contribution in [0, 0.1) is 0 Å². The Labute approximate surface area is 180 Å². The molecular weight excluding hydrogens is 408 g/mol. The minimum absolute atomic E-state index is 0.206. The van der Waals surface area contributed by atoms with E-state index in [1.807, 2.05) is 0 Å². The van der Waals surface area contributed by atoms with Crippen LogP contribution >= 0.6 is 0 Å². The number of hydrogen-bond acceptors (Lipinski definition) is 8. The average Bonchev–Trinajstić information content (AvgIpc) is 2.78. The van der Waals surface area contributed by atoms with Gasteiger partial charge in [-0.3, -0.25) is 4.84 Å². The highest BCUT2D eigenvalue weighted by atomic mass is 16.7. The Morgan fingerprint density at radius 2 is 1.77 bits per heavy atom. The van der Waals surface area contributed by atoms with Crippen molar-refractivity contribution in [3.8, 4) is 5.75 Å². The monoisotopic (exact) mass is 436 g/mol. The third kappa shape index (κ3) is 6.83. The van der Waals surface area contributed by atoms with Gasteiger partial charge < -0.3 is 18.9 Å². The van der Waals surface area contributed by atoms with Gasteiger partial charge in [-0.15, -0.1) is 0 Å². The maximum absolute atomic E-state index is 11.7. The van der Waals surface area contributed by atoms with Crippen molar-refractivity contribution in [2.24, 2.45) is 0 Å². The van der Waals surface area contributed by atoms with E-state index in [2.05, 4.69) is 0 Å². The molecule has 31 heavy (non-hydrogen) atoms. The fourth-order valence-electron chi connectivity index (χ4n) is 2.82. The maximum Gasteiger partial charge on any atom is 0.362 e. The highest BCUT2D eigenvalue weighted by Crippen LogP contribution is 2.34. The first-order chi connectivity index (χ1) is 15.0. The standard InChI is InChI=1S/C21H27N2O8/c1-4-28-19(24)13-30-16-9-6-8-15(12-16)23(27-3)21-17(22-26)10-7-11-18(21)31-14-20(25)29-5-2/h6-11,22,26H,4-5,12-14H2,1-3H3/q+1/p+1/b23-15+. The van der Waals surface area contributed by atoms with E-state index in [9.17, 15) is 14.8 Å². The van der Waals surface area contributed by atoms with E-state index < -0.39 is 11.9 Å².